The first-order valence-corrected chi connectivity index (χ1v) is 7.72. The van der Waals surface area contributed by atoms with Crippen LogP contribution in [0.1, 0.15) is 30.4 Å². The molecule has 0 heterocycles. The molecule has 0 amide bonds. The summed E-state index contributed by atoms with van der Waals surface area (Å²) in [5.41, 5.74) is 7.73. The Kier molecular flexibility index (Phi) is 3.54. The topological polar surface area (TPSA) is 60.2 Å². The van der Waals surface area contributed by atoms with E-state index < -0.39 is 9.84 Å². The zero-order valence-corrected chi connectivity index (χ0v) is 10.9. The van der Waals surface area contributed by atoms with Gasteiger partial charge < -0.3 is 5.73 Å². The second-order valence-electron chi connectivity index (χ2n) is 4.93. The first-order valence-electron chi connectivity index (χ1n) is 6.00. The van der Waals surface area contributed by atoms with Crippen molar-refractivity contribution in [2.75, 3.05) is 0 Å². The van der Waals surface area contributed by atoms with E-state index in [1.165, 1.54) is 0 Å². The molecule has 3 nitrogen and oxygen atoms in total. The fraction of sp³-hybridized carbons (Fsp3) is 0.538. The summed E-state index contributed by atoms with van der Waals surface area (Å²) < 4.78 is 24.5. The number of sulfone groups is 1. The maximum atomic E-state index is 12.2. The molecule has 0 bridgehead atoms. The van der Waals surface area contributed by atoms with Gasteiger partial charge in [0.05, 0.1) is 11.0 Å². The van der Waals surface area contributed by atoms with Crippen molar-refractivity contribution >= 4 is 9.84 Å². The highest BCUT2D eigenvalue weighted by atomic mass is 32.2. The molecule has 17 heavy (non-hydrogen) atoms. The molecule has 2 rings (SSSR count). The van der Waals surface area contributed by atoms with Gasteiger partial charge in [0.2, 0.25) is 0 Å². The average Bonchev–Trinajstić information content (AvgIpc) is 2.69. The molecule has 94 valence electrons. The van der Waals surface area contributed by atoms with Gasteiger partial charge >= 0.3 is 0 Å². The zero-order chi connectivity index (χ0) is 12.5. The third-order valence-corrected chi connectivity index (χ3v) is 5.71. The Labute approximate surface area is 103 Å². The van der Waals surface area contributed by atoms with E-state index >= 15 is 0 Å². The Morgan fingerprint density at radius 3 is 2.59 bits per heavy atom. The highest BCUT2D eigenvalue weighted by Gasteiger charge is 2.32. The molecule has 1 aromatic carbocycles. The molecule has 1 aliphatic rings. The minimum atomic E-state index is -3.05. The van der Waals surface area contributed by atoms with Gasteiger partial charge in [-0.1, -0.05) is 24.3 Å². The van der Waals surface area contributed by atoms with E-state index in [0.717, 1.165) is 24.0 Å². The fourth-order valence-corrected chi connectivity index (χ4v) is 4.43. The molecule has 1 aromatic rings. The summed E-state index contributed by atoms with van der Waals surface area (Å²) >= 11 is 0. The van der Waals surface area contributed by atoms with Crippen molar-refractivity contribution in [3.8, 4) is 0 Å². The van der Waals surface area contributed by atoms with Gasteiger partial charge in [0.1, 0.15) is 0 Å². The predicted molar refractivity (Wildman–Crippen MR) is 69.4 cm³/mol. The molecule has 1 aliphatic carbocycles. The van der Waals surface area contributed by atoms with Gasteiger partial charge in [-0.05, 0) is 37.3 Å². The minimum Gasteiger partial charge on any atom is -0.328 e. The number of hydrogen-bond acceptors (Lipinski definition) is 3. The van der Waals surface area contributed by atoms with Crippen LogP contribution in [0.5, 0.6) is 0 Å². The average molecular weight is 253 g/mol. The molecule has 2 atom stereocenters. The van der Waals surface area contributed by atoms with Crippen LogP contribution in [-0.4, -0.2) is 19.7 Å². The fourth-order valence-electron chi connectivity index (χ4n) is 2.41. The molecule has 1 saturated carbocycles. The van der Waals surface area contributed by atoms with Crippen molar-refractivity contribution in [2.24, 2.45) is 5.73 Å². The van der Waals surface area contributed by atoms with Crippen LogP contribution in [0.25, 0.3) is 0 Å². The van der Waals surface area contributed by atoms with Gasteiger partial charge in [-0.25, -0.2) is 8.42 Å². The monoisotopic (exact) mass is 253 g/mol. The Balaban J connectivity index is 2.15. The molecule has 2 unspecified atom stereocenters. The SMILES string of the molecule is Cc1ccccc1CS(=O)(=O)C1CCC(N)C1. The van der Waals surface area contributed by atoms with E-state index in [0.29, 0.717) is 6.42 Å². The number of nitrogens with two attached hydrogens (primary N) is 1. The summed E-state index contributed by atoms with van der Waals surface area (Å²) in [5, 5.41) is -0.239. The normalized spacial score (nSPS) is 25.1. The largest absolute Gasteiger partial charge is 0.328 e. The van der Waals surface area contributed by atoms with E-state index in [-0.39, 0.29) is 17.0 Å². The lowest BCUT2D eigenvalue weighted by Crippen LogP contribution is -2.23. The highest BCUT2D eigenvalue weighted by molar-refractivity contribution is 7.91. The Morgan fingerprint density at radius 1 is 1.29 bits per heavy atom. The van der Waals surface area contributed by atoms with Gasteiger partial charge in [-0.2, -0.15) is 0 Å². The Bertz CT molecular complexity index is 496. The van der Waals surface area contributed by atoms with Gasteiger partial charge in [0.25, 0.3) is 0 Å². The van der Waals surface area contributed by atoms with Crippen LogP contribution >= 0.6 is 0 Å². The molecule has 0 spiro atoms. The maximum Gasteiger partial charge on any atom is 0.157 e. The van der Waals surface area contributed by atoms with E-state index in [4.69, 9.17) is 5.73 Å². The summed E-state index contributed by atoms with van der Waals surface area (Å²) in [6.07, 6.45) is 2.17. The van der Waals surface area contributed by atoms with Gasteiger partial charge in [0, 0.05) is 6.04 Å². The molecule has 0 radical (unpaired) electrons. The quantitative estimate of drug-likeness (QED) is 0.893. The summed E-state index contributed by atoms with van der Waals surface area (Å²) in [4.78, 5) is 0. The van der Waals surface area contributed by atoms with E-state index in [1.807, 2.05) is 31.2 Å². The third kappa shape index (κ3) is 2.87. The molecule has 2 N–H and O–H groups in total. The van der Waals surface area contributed by atoms with Crippen LogP contribution in [0, 0.1) is 6.92 Å². The second kappa shape index (κ2) is 4.78. The van der Waals surface area contributed by atoms with Crippen LogP contribution in [0.15, 0.2) is 24.3 Å². The molecular weight excluding hydrogens is 234 g/mol. The minimum absolute atomic E-state index is 0.0617. The van der Waals surface area contributed by atoms with E-state index in [1.54, 1.807) is 0 Å². The number of benzene rings is 1. The molecule has 0 aliphatic heterocycles. The lowest BCUT2D eigenvalue weighted by Gasteiger charge is -2.12. The van der Waals surface area contributed by atoms with Gasteiger partial charge in [0.15, 0.2) is 9.84 Å². The first-order chi connectivity index (χ1) is 7.99. The molecule has 4 heteroatoms. The summed E-state index contributed by atoms with van der Waals surface area (Å²) in [6, 6.07) is 7.72. The molecule has 0 saturated heterocycles. The van der Waals surface area contributed by atoms with Gasteiger partial charge in [-0.3, -0.25) is 0 Å². The van der Waals surface area contributed by atoms with Crippen LogP contribution in [0.2, 0.25) is 0 Å². The Hall–Kier alpha value is -0.870. The summed E-state index contributed by atoms with van der Waals surface area (Å²) in [7, 11) is -3.05. The number of aryl methyl sites for hydroxylation is 1. The summed E-state index contributed by atoms with van der Waals surface area (Å²) in [5.74, 6) is 0.150. The van der Waals surface area contributed by atoms with Crippen molar-refractivity contribution in [1.29, 1.82) is 0 Å². The lowest BCUT2D eigenvalue weighted by atomic mass is 10.1. The predicted octanol–water partition coefficient (Wildman–Crippen LogP) is 1.79. The smallest absolute Gasteiger partial charge is 0.157 e. The van der Waals surface area contributed by atoms with Crippen molar-refractivity contribution in [3.05, 3.63) is 35.4 Å². The van der Waals surface area contributed by atoms with Gasteiger partial charge in [-0.15, -0.1) is 0 Å². The number of hydrogen-bond donors (Lipinski definition) is 1. The van der Waals surface area contributed by atoms with Crippen molar-refractivity contribution in [1.82, 2.24) is 0 Å². The first kappa shape index (κ1) is 12.6. The zero-order valence-electron chi connectivity index (χ0n) is 10.1. The standard InChI is InChI=1S/C13H19NO2S/c1-10-4-2-3-5-11(10)9-17(15,16)13-7-6-12(14)8-13/h2-5,12-13H,6-9,14H2,1H3. The lowest BCUT2D eigenvalue weighted by molar-refractivity contribution is 0.577. The van der Waals surface area contributed by atoms with Crippen molar-refractivity contribution < 1.29 is 8.42 Å². The number of rotatable bonds is 3. The second-order valence-corrected chi connectivity index (χ2v) is 7.21. The summed E-state index contributed by atoms with van der Waals surface area (Å²) in [6.45, 7) is 1.95. The van der Waals surface area contributed by atoms with Crippen LogP contribution in [0.4, 0.5) is 0 Å². The Morgan fingerprint density at radius 2 is 2.00 bits per heavy atom. The van der Waals surface area contributed by atoms with Crippen LogP contribution < -0.4 is 5.73 Å². The van der Waals surface area contributed by atoms with E-state index in [2.05, 4.69) is 0 Å². The van der Waals surface area contributed by atoms with Crippen molar-refractivity contribution in [2.45, 2.75) is 43.2 Å². The van der Waals surface area contributed by atoms with E-state index in [9.17, 15) is 8.42 Å². The molecule has 0 aromatic heterocycles. The maximum absolute atomic E-state index is 12.2. The molecular formula is C13H19NO2S. The van der Waals surface area contributed by atoms with Crippen molar-refractivity contribution in [3.63, 3.8) is 0 Å². The highest BCUT2D eigenvalue weighted by Crippen LogP contribution is 2.27. The van der Waals surface area contributed by atoms with Crippen LogP contribution in [0.3, 0.4) is 0 Å². The van der Waals surface area contributed by atoms with Crippen LogP contribution in [-0.2, 0) is 15.6 Å². The third-order valence-electron chi connectivity index (χ3n) is 3.55. The molecule has 1 fully saturated rings.